The minimum absolute atomic E-state index is 0.0125. The van der Waals surface area contributed by atoms with Crippen molar-refractivity contribution in [1.82, 2.24) is 10.6 Å². The molecule has 5 heteroatoms. The van der Waals surface area contributed by atoms with Gasteiger partial charge in [0.25, 0.3) is 0 Å². The van der Waals surface area contributed by atoms with Crippen molar-refractivity contribution in [2.75, 3.05) is 26.5 Å². The van der Waals surface area contributed by atoms with E-state index in [0.717, 1.165) is 37.2 Å². The van der Waals surface area contributed by atoms with Gasteiger partial charge in [0, 0.05) is 19.8 Å². The quantitative estimate of drug-likeness (QED) is 0.492. The van der Waals surface area contributed by atoms with Crippen molar-refractivity contribution in [1.29, 1.82) is 0 Å². The third-order valence-corrected chi connectivity index (χ3v) is 3.80. The smallest absolute Gasteiger partial charge is 0.317 e. The molecule has 1 aromatic carbocycles. The number of unbranched alkanes of at least 4 members (excludes halogenated alkanes) is 1. The molecule has 0 heterocycles. The van der Waals surface area contributed by atoms with Crippen molar-refractivity contribution in [3.63, 3.8) is 0 Å². The number of hydrogen-bond donors (Lipinski definition) is 2. The van der Waals surface area contributed by atoms with E-state index in [1.807, 2.05) is 12.1 Å². The number of rotatable bonds is 10. The van der Waals surface area contributed by atoms with Crippen molar-refractivity contribution in [2.24, 2.45) is 0 Å². The van der Waals surface area contributed by atoms with Gasteiger partial charge in [0.15, 0.2) is 6.73 Å². The average molecular weight is 351 g/mol. The molecule has 0 fully saturated rings. The van der Waals surface area contributed by atoms with Crippen LogP contribution in [0.3, 0.4) is 0 Å². The van der Waals surface area contributed by atoms with Crippen LogP contribution in [0.1, 0.15) is 58.1 Å². The van der Waals surface area contributed by atoms with E-state index in [0.29, 0.717) is 13.2 Å². The Balaban J connectivity index is 2.28. The van der Waals surface area contributed by atoms with Gasteiger partial charge in [-0.1, -0.05) is 51.8 Å². The van der Waals surface area contributed by atoms with Crippen molar-refractivity contribution in [2.45, 2.75) is 59.3 Å². The highest BCUT2D eigenvalue weighted by Crippen LogP contribution is 2.31. The van der Waals surface area contributed by atoms with Gasteiger partial charge in [-0.25, -0.2) is 4.79 Å². The number of aryl methyl sites for hydroxylation is 1. The van der Waals surface area contributed by atoms with E-state index in [1.165, 1.54) is 5.56 Å². The molecule has 0 atom stereocenters. The van der Waals surface area contributed by atoms with Gasteiger partial charge in [-0.2, -0.15) is 0 Å². The van der Waals surface area contributed by atoms with E-state index < -0.39 is 0 Å². The number of ether oxygens (including phenoxy) is 2. The molecule has 0 aliphatic carbocycles. The zero-order valence-electron chi connectivity index (χ0n) is 16.4. The highest BCUT2D eigenvalue weighted by atomic mass is 16.5. The van der Waals surface area contributed by atoms with Gasteiger partial charge in [-0.3, -0.25) is 0 Å². The van der Waals surface area contributed by atoms with E-state index in [1.54, 1.807) is 0 Å². The minimum atomic E-state index is -0.224. The van der Waals surface area contributed by atoms with Gasteiger partial charge < -0.3 is 20.1 Å². The summed E-state index contributed by atoms with van der Waals surface area (Å²) in [6.45, 7) is 12.9. The second-order valence-electron chi connectivity index (χ2n) is 7.29. The maximum Gasteiger partial charge on any atom is 0.317 e. The molecule has 0 aliphatic heterocycles. The first-order valence-electron chi connectivity index (χ1n) is 9.18. The largest absolute Gasteiger partial charge is 0.473 e. The molecule has 0 aromatic heterocycles. The fraction of sp³-hybridized carbons (Fsp3) is 0.650. The number of amides is 2. The standard InChI is InChI=1S/C20H34N2O3/c1-6-7-12-24-13-8-11-21-19(23)22-15-25-18-10-9-16(2)14-17(18)20(3,4)5/h9-10,14H,6-8,11-13,15H2,1-5H3,(H2,21,22,23). The Bertz CT molecular complexity index is 524. The molecular formula is C20H34N2O3. The molecule has 25 heavy (non-hydrogen) atoms. The van der Waals surface area contributed by atoms with Gasteiger partial charge >= 0.3 is 6.03 Å². The molecule has 0 saturated carbocycles. The molecule has 0 saturated heterocycles. The molecule has 1 rings (SSSR count). The Morgan fingerprint density at radius 3 is 2.52 bits per heavy atom. The number of benzene rings is 1. The summed E-state index contributed by atoms with van der Waals surface area (Å²) in [6, 6.07) is 5.89. The van der Waals surface area contributed by atoms with Crippen LogP contribution in [0.25, 0.3) is 0 Å². The first kappa shape index (κ1) is 21.3. The van der Waals surface area contributed by atoms with E-state index in [2.05, 4.69) is 51.3 Å². The highest BCUT2D eigenvalue weighted by molar-refractivity contribution is 5.73. The summed E-state index contributed by atoms with van der Waals surface area (Å²) in [6.07, 6.45) is 3.03. The Morgan fingerprint density at radius 2 is 1.84 bits per heavy atom. The molecule has 5 nitrogen and oxygen atoms in total. The Kier molecular flexibility index (Phi) is 9.35. The van der Waals surface area contributed by atoms with Crippen LogP contribution in [0.2, 0.25) is 0 Å². The molecule has 2 amide bonds. The first-order chi connectivity index (χ1) is 11.8. The zero-order valence-corrected chi connectivity index (χ0v) is 16.4. The van der Waals surface area contributed by atoms with E-state index in [4.69, 9.17) is 9.47 Å². The molecule has 0 spiro atoms. The third-order valence-electron chi connectivity index (χ3n) is 3.80. The summed E-state index contributed by atoms with van der Waals surface area (Å²) in [5.74, 6) is 0.808. The van der Waals surface area contributed by atoms with Crippen LogP contribution < -0.4 is 15.4 Å². The third kappa shape index (κ3) is 8.77. The number of nitrogens with one attached hydrogen (secondary N) is 2. The topological polar surface area (TPSA) is 59.6 Å². The Hall–Kier alpha value is -1.75. The summed E-state index contributed by atoms with van der Waals surface area (Å²) in [4.78, 5) is 11.8. The van der Waals surface area contributed by atoms with Crippen LogP contribution >= 0.6 is 0 Å². The summed E-state index contributed by atoms with van der Waals surface area (Å²) in [5.41, 5.74) is 2.32. The van der Waals surface area contributed by atoms with Crippen LogP contribution in [-0.2, 0) is 10.2 Å². The molecule has 0 bridgehead atoms. The normalized spacial score (nSPS) is 11.2. The van der Waals surface area contributed by atoms with E-state index >= 15 is 0 Å². The van der Waals surface area contributed by atoms with Crippen LogP contribution in [0.5, 0.6) is 5.75 Å². The number of carbonyl (C=O) groups excluding carboxylic acids is 1. The fourth-order valence-electron chi connectivity index (χ4n) is 2.32. The van der Waals surface area contributed by atoms with Gasteiger partial charge in [-0.05, 0) is 36.8 Å². The highest BCUT2D eigenvalue weighted by Gasteiger charge is 2.19. The lowest BCUT2D eigenvalue weighted by Gasteiger charge is -2.23. The van der Waals surface area contributed by atoms with Gasteiger partial charge in [0.05, 0.1) is 0 Å². The second kappa shape index (κ2) is 11.0. The number of carbonyl (C=O) groups is 1. The van der Waals surface area contributed by atoms with E-state index in [9.17, 15) is 4.79 Å². The molecule has 0 aliphatic rings. The maximum absolute atomic E-state index is 11.8. The molecule has 142 valence electrons. The lowest BCUT2D eigenvalue weighted by Crippen LogP contribution is -2.38. The summed E-state index contributed by atoms with van der Waals surface area (Å²) < 4.78 is 11.2. The van der Waals surface area contributed by atoms with Gasteiger partial charge in [-0.15, -0.1) is 0 Å². The molecular weight excluding hydrogens is 316 g/mol. The van der Waals surface area contributed by atoms with Crippen molar-refractivity contribution < 1.29 is 14.3 Å². The first-order valence-corrected chi connectivity index (χ1v) is 9.18. The maximum atomic E-state index is 11.8. The lowest BCUT2D eigenvalue weighted by molar-refractivity contribution is 0.129. The predicted molar refractivity (Wildman–Crippen MR) is 102 cm³/mol. The van der Waals surface area contributed by atoms with Crippen LogP contribution in [0, 0.1) is 6.92 Å². The Morgan fingerprint density at radius 1 is 1.12 bits per heavy atom. The SMILES string of the molecule is CCCCOCCCNC(=O)NCOc1ccc(C)cc1C(C)(C)C. The molecule has 2 N–H and O–H groups in total. The molecule has 0 unspecified atom stereocenters. The number of urea groups is 1. The second-order valence-corrected chi connectivity index (χ2v) is 7.29. The summed E-state index contributed by atoms with van der Waals surface area (Å²) in [5, 5.41) is 5.53. The van der Waals surface area contributed by atoms with E-state index in [-0.39, 0.29) is 18.2 Å². The summed E-state index contributed by atoms with van der Waals surface area (Å²) in [7, 11) is 0. The lowest BCUT2D eigenvalue weighted by atomic mass is 9.85. The van der Waals surface area contributed by atoms with Crippen molar-refractivity contribution in [3.8, 4) is 5.75 Å². The van der Waals surface area contributed by atoms with Gasteiger partial charge in [0.1, 0.15) is 5.75 Å². The monoisotopic (exact) mass is 350 g/mol. The summed E-state index contributed by atoms with van der Waals surface area (Å²) >= 11 is 0. The minimum Gasteiger partial charge on any atom is -0.473 e. The zero-order chi connectivity index (χ0) is 18.7. The van der Waals surface area contributed by atoms with Crippen LogP contribution in [0.4, 0.5) is 4.79 Å². The predicted octanol–water partition coefficient (Wildman–Crippen LogP) is 4.13. The number of hydrogen-bond acceptors (Lipinski definition) is 3. The van der Waals surface area contributed by atoms with Crippen molar-refractivity contribution in [3.05, 3.63) is 29.3 Å². The molecule has 1 aromatic rings. The fourth-order valence-corrected chi connectivity index (χ4v) is 2.32. The molecule has 0 radical (unpaired) electrons. The average Bonchev–Trinajstić information content (AvgIpc) is 2.54. The Labute approximate surface area is 152 Å². The van der Waals surface area contributed by atoms with Crippen LogP contribution in [-0.4, -0.2) is 32.5 Å². The van der Waals surface area contributed by atoms with Gasteiger partial charge in [0.2, 0.25) is 0 Å². The van der Waals surface area contributed by atoms with Crippen molar-refractivity contribution >= 4 is 6.03 Å². The van der Waals surface area contributed by atoms with Crippen LogP contribution in [0.15, 0.2) is 18.2 Å².